The van der Waals surface area contributed by atoms with Gasteiger partial charge in [0, 0.05) is 31.9 Å². The fourth-order valence-corrected chi connectivity index (χ4v) is 3.66. The lowest BCUT2D eigenvalue weighted by Crippen LogP contribution is -2.03. The van der Waals surface area contributed by atoms with Crippen molar-refractivity contribution in [1.82, 2.24) is 4.98 Å². The first-order chi connectivity index (χ1) is 10.7. The van der Waals surface area contributed by atoms with Crippen LogP contribution in [0, 0.1) is 0 Å². The van der Waals surface area contributed by atoms with E-state index in [0.29, 0.717) is 6.54 Å². The van der Waals surface area contributed by atoms with Gasteiger partial charge in [-0.05, 0) is 54.9 Å². The number of hydrogen-bond donors (Lipinski definition) is 2. The Labute approximate surface area is 138 Å². The van der Waals surface area contributed by atoms with E-state index in [0.717, 1.165) is 33.0 Å². The molecule has 0 saturated carbocycles. The second-order valence-electron chi connectivity index (χ2n) is 4.96. The molecule has 0 amide bonds. The Hall–Kier alpha value is -1.62. The molecular weight excluding hydrogens is 316 g/mol. The highest BCUT2D eigenvalue weighted by atomic mass is 35.5. The highest BCUT2D eigenvalue weighted by molar-refractivity contribution is 7.99. The summed E-state index contributed by atoms with van der Waals surface area (Å²) in [5, 5.41) is 1.89. The molecule has 0 radical (unpaired) electrons. The smallest absolute Gasteiger partial charge is 0.119 e. The summed E-state index contributed by atoms with van der Waals surface area (Å²) in [5.74, 6) is 0.854. The lowest BCUT2D eigenvalue weighted by Gasteiger charge is -2.08. The number of nitrogens with one attached hydrogen (secondary N) is 1. The van der Waals surface area contributed by atoms with E-state index in [9.17, 15) is 0 Å². The van der Waals surface area contributed by atoms with Crippen LogP contribution in [0.25, 0.3) is 10.9 Å². The first-order valence-electron chi connectivity index (χ1n) is 7.02. The van der Waals surface area contributed by atoms with Crippen molar-refractivity contribution in [3.63, 3.8) is 0 Å². The number of aromatic nitrogens is 1. The van der Waals surface area contributed by atoms with Gasteiger partial charge in [0.1, 0.15) is 5.75 Å². The molecule has 3 rings (SSSR count). The summed E-state index contributed by atoms with van der Waals surface area (Å²) in [6, 6.07) is 12.0. The lowest BCUT2D eigenvalue weighted by atomic mass is 10.1. The Morgan fingerprint density at radius 3 is 2.82 bits per heavy atom. The van der Waals surface area contributed by atoms with E-state index < -0.39 is 0 Å². The van der Waals surface area contributed by atoms with E-state index >= 15 is 0 Å². The van der Waals surface area contributed by atoms with Gasteiger partial charge in [-0.2, -0.15) is 0 Å². The van der Waals surface area contributed by atoms with Gasteiger partial charge < -0.3 is 15.5 Å². The first-order valence-corrected chi connectivity index (χ1v) is 8.22. The van der Waals surface area contributed by atoms with Crippen LogP contribution in [-0.4, -0.2) is 18.6 Å². The van der Waals surface area contributed by atoms with Crippen molar-refractivity contribution in [2.24, 2.45) is 5.73 Å². The number of hydrogen-bond acceptors (Lipinski definition) is 3. The lowest BCUT2D eigenvalue weighted by molar-refractivity contribution is 0.415. The predicted molar refractivity (Wildman–Crippen MR) is 93.2 cm³/mol. The Bertz CT molecular complexity index is 800. The van der Waals surface area contributed by atoms with Gasteiger partial charge in [-0.15, -0.1) is 0 Å². The molecule has 1 heterocycles. The molecule has 3 N–H and O–H groups in total. The molecule has 0 spiro atoms. The van der Waals surface area contributed by atoms with Crippen molar-refractivity contribution < 1.29 is 4.74 Å². The van der Waals surface area contributed by atoms with Crippen molar-refractivity contribution in [2.75, 3.05) is 13.7 Å². The second-order valence-corrected chi connectivity index (χ2v) is 6.48. The summed E-state index contributed by atoms with van der Waals surface area (Å²) in [7, 11) is 1.68. The van der Waals surface area contributed by atoms with E-state index in [2.05, 4.69) is 11.1 Å². The number of rotatable bonds is 5. The molecule has 114 valence electrons. The van der Waals surface area contributed by atoms with Crippen LogP contribution in [0.2, 0.25) is 5.02 Å². The van der Waals surface area contributed by atoms with Crippen molar-refractivity contribution in [2.45, 2.75) is 16.2 Å². The van der Waals surface area contributed by atoms with Gasteiger partial charge in [-0.3, -0.25) is 0 Å². The maximum Gasteiger partial charge on any atom is 0.119 e. The number of fused-ring (bicyclic) bond motifs is 1. The first kappa shape index (κ1) is 15.3. The third-order valence-electron chi connectivity index (χ3n) is 3.51. The molecule has 3 nitrogen and oxygen atoms in total. The summed E-state index contributed by atoms with van der Waals surface area (Å²) >= 11 is 7.81. The van der Waals surface area contributed by atoms with E-state index in [1.54, 1.807) is 18.9 Å². The van der Waals surface area contributed by atoms with E-state index in [1.165, 1.54) is 10.5 Å². The second kappa shape index (κ2) is 6.65. The van der Waals surface area contributed by atoms with Gasteiger partial charge >= 0.3 is 0 Å². The van der Waals surface area contributed by atoms with Gasteiger partial charge in [0.05, 0.1) is 7.11 Å². The zero-order valence-corrected chi connectivity index (χ0v) is 13.8. The quantitative estimate of drug-likeness (QED) is 0.724. The monoisotopic (exact) mass is 332 g/mol. The molecule has 0 aliphatic rings. The van der Waals surface area contributed by atoms with Gasteiger partial charge in [0.15, 0.2) is 0 Å². The molecule has 0 aliphatic carbocycles. The molecule has 0 unspecified atom stereocenters. The van der Waals surface area contributed by atoms with Crippen molar-refractivity contribution in [3.05, 3.63) is 53.2 Å². The van der Waals surface area contributed by atoms with Crippen LogP contribution in [0.1, 0.15) is 5.56 Å². The molecule has 22 heavy (non-hydrogen) atoms. The number of H-pyrrole nitrogens is 1. The zero-order valence-electron chi connectivity index (χ0n) is 12.2. The topological polar surface area (TPSA) is 51.0 Å². The van der Waals surface area contributed by atoms with E-state index in [4.69, 9.17) is 22.1 Å². The molecule has 0 fully saturated rings. The minimum Gasteiger partial charge on any atom is -0.497 e. The van der Waals surface area contributed by atoms with Crippen LogP contribution in [0.15, 0.2) is 52.4 Å². The van der Waals surface area contributed by atoms with Crippen LogP contribution >= 0.6 is 23.4 Å². The number of ether oxygens (including phenoxy) is 1. The SMILES string of the molecule is COc1ccc2[nH]cc(Sc3ccc(Cl)cc3CCN)c2c1. The summed E-state index contributed by atoms with van der Waals surface area (Å²) in [4.78, 5) is 5.64. The molecular formula is C17H17ClN2OS. The van der Waals surface area contributed by atoms with Crippen LogP contribution in [0.4, 0.5) is 0 Å². The van der Waals surface area contributed by atoms with Crippen molar-refractivity contribution >= 4 is 34.3 Å². The highest BCUT2D eigenvalue weighted by Crippen LogP contribution is 2.37. The van der Waals surface area contributed by atoms with Crippen LogP contribution < -0.4 is 10.5 Å². The van der Waals surface area contributed by atoms with Gasteiger partial charge in [0.25, 0.3) is 0 Å². The third kappa shape index (κ3) is 3.09. The minimum atomic E-state index is 0.607. The highest BCUT2D eigenvalue weighted by Gasteiger charge is 2.10. The number of methoxy groups -OCH3 is 1. The molecule has 0 saturated heterocycles. The Kier molecular flexibility index (Phi) is 4.62. The molecule has 0 atom stereocenters. The molecule has 0 bridgehead atoms. The summed E-state index contributed by atoms with van der Waals surface area (Å²) in [5.41, 5.74) is 7.98. The number of aromatic amines is 1. The number of benzene rings is 2. The maximum absolute atomic E-state index is 6.10. The van der Waals surface area contributed by atoms with Crippen LogP contribution in [0.3, 0.4) is 0 Å². The Balaban J connectivity index is 1.99. The maximum atomic E-state index is 6.10. The molecule has 2 aromatic carbocycles. The average molecular weight is 333 g/mol. The van der Waals surface area contributed by atoms with Crippen LogP contribution in [-0.2, 0) is 6.42 Å². The standard InChI is InChI=1S/C17H17ClN2OS/c1-21-13-3-4-15-14(9-13)17(10-20-15)22-16-5-2-12(18)8-11(16)6-7-19/h2-5,8-10,20H,6-7,19H2,1H3. The number of nitrogens with two attached hydrogens (primary N) is 1. The van der Waals surface area contributed by atoms with Crippen LogP contribution in [0.5, 0.6) is 5.75 Å². The van der Waals surface area contributed by atoms with Gasteiger partial charge in [0.2, 0.25) is 0 Å². The Morgan fingerprint density at radius 1 is 1.18 bits per heavy atom. The fourth-order valence-electron chi connectivity index (χ4n) is 2.40. The minimum absolute atomic E-state index is 0.607. The number of halogens is 1. The fraction of sp³-hybridized carbons (Fsp3) is 0.176. The van der Waals surface area contributed by atoms with E-state index in [-0.39, 0.29) is 0 Å². The molecule has 1 aromatic heterocycles. The summed E-state index contributed by atoms with van der Waals surface area (Å²) in [6.07, 6.45) is 2.84. The van der Waals surface area contributed by atoms with Crippen molar-refractivity contribution in [1.29, 1.82) is 0 Å². The molecule has 0 aliphatic heterocycles. The molecule has 5 heteroatoms. The van der Waals surface area contributed by atoms with Crippen molar-refractivity contribution in [3.8, 4) is 5.75 Å². The predicted octanol–water partition coefficient (Wildman–Crippen LogP) is 4.48. The third-order valence-corrected chi connectivity index (χ3v) is 4.92. The normalized spacial score (nSPS) is 11.0. The average Bonchev–Trinajstić information content (AvgIpc) is 2.92. The molecule has 3 aromatic rings. The summed E-state index contributed by atoms with van der Waals surface area (Å²) in [6.45, 7) is 0.607. The zero-order chi connectivity index (χ0) is 15.5. The Morgan fingerprint density at radius 2 is 2.05 bits per heavy atom. The summed E-state index contributed by atoms with van der Waals surface area (Å²) < 4.78 is 5.32. The largest absolute Gasteiger partial charge is 0.497 e. The van der Waals surface area contributed by atoms with Gasteiger partial charge in [-0.25, -0.2) is 0 Å². The van der Waals surface area contributed by atoms with E-state index in [1.807, 2.05) is 36.5 Å². The van der Waals surface area contributed by atoms with Gasteiger partial charge in [-0.1, -0.05) is 23.4 Å².